The van der Waals surface area contributed by atoms with E-state index in [0.29, 0.717) is 13.2 Å². The van der Waals surface area contributed by atoms with Gasteiger partial charge in [-0.1, -0.05) is 48.5 Å². The van der Waals surface area contributed by atoms with Crippen LogP contribution in [-0.2, 0) is 13.2 Å². The zero-order chi connectivity index (χ0) is 19.8. The summed E-state index contributed by atoms with van der Waals surface area (Å²) < 4.78 is 10.6. The highest BCUT2D eigenvalue weighted by atomic mass is 16.7. The zero-order valence-electron chi connectivity index (χ0n) is 15.6. The van der Waals surface area contributed by atoms with Crippen molar-refractivity contribution < 1.29 is 19.4 Å². The molecule has 6 heteroatoms. The summed E-state index contributed by atoms with van der Waals surface area (Å²) in [7, 11) is 0. The summed E-state index contributed by atoms with van der Waals surface area (Å²) in [4.78, 5) is 17.0. The molecule has 0 saturated carbocycles. The maximum Gasteiger partial charge on any atom is 0.511 e. The quantitative estimate of drug-likeness (QED) is 0.571. The molecule has 28 heavy (non-hydrogen) atoms. The minimum atomic E-state index is -1.36. The second kappa shape index (κ2) is 9.41. The van der Waals surface area contributed by atoms with Gasteiger partial charge in [0, 0.05) is 18.7 Å². The highest BCUT2D eigenvalue weighted by Gasteiger charge is 2.11. The number of carboxylic acid groups (broad SMARTS) is 1. The fourth-order valence-corrected chi connectivity index (χ4v) is 2.79. The molecule has 0 spiro atoms. The van der Waals surface area contributed by atoms with Gasteiger partial charge in [0.2, 0.25) is 0 Å². The van der Waals surface area contributed by atoms with Crippen LogP contribution in [0.4, 0.5) is 10.6 Å². The lowest BCUT2D eigenvalue weighted by Gasteiger charge is -2.23. The van der Waals surface area contributed by atoms with E-state index < -0.39 is 6.16 Å². The monoisotopic (exact) mass is 378 g/mol. The molecule has 0 aliphatic heterocycles. The van der Waals surface area contributed by atoms with Gasteiger partial charge in [0.05, 0.1) is 6.20 Å². The molecule has 6 nitrogen and oxygen atoms in total. The number of ether oxygens (including phenoxy) is 2. The molecule has 0 aliphatic rings. The number of rotatable bonds is 8. The Bertz CT molecular complexity index is 898. The molecule has 2 aromatic carbocycles. The van der Waals surface area contributed by atoms with Gasteiger partial charge in [0.15, 0.2) is 5.75 Å². The summed E-state index contributed by atoms with van der Waals surface area (Å²) >= 11 is 0. The third-order valence-electron chi connectivity index (χ3n) is 4.20. The van der Waals surface area contributed by atoms with Crippen molar-refractivity contribution in [2.24, 2.45) is 0 Å². The number of nitrogens with zero attached hydrogens (tertiary/aromatic N) is 2. The minimum absolute atomic E-state index is 0.193. The van der Waals surface area contributed by atoms with Gasteiger partial charge in [0.1, 0.15) is 18.2 Å². The third-order valence-corrected chi connectivity index (χ3v) is 4.20. The van der Waals surface area contributed by atoms with E-state index in [0.717, 1.165) is 29.2 Å². The lowest BCUT2D eigenvalue weighted by atomic mass is 10.1. The molecular weight excluding hydrogens is 356 g/mol. The summed E-state index contributed by atoms with van der Waals surface area (Å²) in [5, 5.41) is 8.68. The number of carbonyl (C=O) groups is 1. The van der Waals surface area contributed by atoms with Gasteiger partial charge in [0.25, 0.3) is 0 Å². The normalized spacial score (nSPS) is 10.3. The predicted molar refractivity (Wildman–Crippen MR) is 107 cm³/mol. The van der Waals surface area contributed by atoms with Gasteiger partial charge in [-0.25, -0.2) is 9.78 Å². The number of aromatic nitrogens is 1. The SMILES string of the molecule is CCN(Cc1ccccc1OCc1ccccc1)c1ccc(OC(=O)O)cn1. The Labute approximate surface area is 164 Å². The minimum Gasteiger partial charge on any atom is -0.489 e. The van der Waals surface area contributed by atoms with Crippen LogP contribution in [0.5, 0.6) is 11.5 Å². The molecule has 0 atom stereocenters. The van der Waals surface area contributed by atoms with E-state index in [1.54, 1.807) is 12.1 Å². The summed E-state index contributed by atoms with van der Waals surface area (Å²) in [6.07, 6.45) is 0.0515. The van der Waals surface area contributed by atoms with E-state index in [4.69, 9.17) is 9.84 Å². The highest BCUT2D eigenvalue weighted by Crippen LogP contribution is 2.24. The molecule has 0 aliphatic carbocycles. The lowest BCUT2D eigenvalue weighted by Crippen LogP contribution is -2.23. The summed E-state index contributed by atoms with van der Waals surface area (Å²) in [5.41, 5.74) is 2.16. The second-order valence-corrected chi connectivity index (χ2v) is 6.12. The van der Waals surface area contributed by atoms with Gasteiger partial charge < -0.3 is 19.5 Å². The van der Waals surface area contributed by atoms with Crippen molar-refractivity contribution in [3.63, 3.8) is 0 Å². The Morgan fingerprint density at radius 2 is 1.79 bits per heavy atom. The smallest absolute Gasteiger partial charge is 0.489 e. The lowest BCUT2D eigenvalue weighted by molar-refractivity contribution is 0.144. The van der Waals surface area contributed by atoms with Crippen molar-refractivity contribution in [2.75, 3.05) is 11.4 Å². The van der Waals surface area contributed by atoms with E-state index in [2.05, 4.69) is 14.6 Å². The van der Waals surface area contributed by atoms with Gasteiger partial charge >= 0.3 is 6.16 Å². The third kappa shape index (κ3) is 5.23. The van der Waals surface area contributed by atoms with Gasteiger partial charge in [-0.05, 0) is 30.7 Å². The topological polar surface area (TPSA) is 71.9 Å². The first-order valence-electron chi connectivity index (χ1n) is 9.02. The molecule has 1 aromatic heterocycles. The molecule has 0 fully saturated rings. The Morgan fingerprint density at radius 1 is 1.04 bits per heavy atom. The van der Waals surface area contributed by atoms with E-state index >= 15 is 0 Å². The van der Waals surface area contributed by atoms with Crippen molar-refractivity contribution in [3.05, 3.63) is 84.1 Å². The van der Waals surface area contributed by atoms with Crippen molar-refractivity contribution >= 4 is 12.0 Å². The average Bonchev–Trinajstić information content (AvgIpc) is 2.72. The van der Waals surface area contributed by atoms with Gasteiger partial charge in [-0.15, -0.1) is 0 Å². The zero-order valence-corrected chi connectivity index (χ0v) is 15.6. The van der Waals surface area contributed by atoms with Crippen LogP contribution in [0.2, 0.25) is 0 Å². The summed E-state index contributed by atoms with van der Waals surface area (Å²) in [5.74, 6) is 1.76. The van der Waals surface area contributed by atoms with E-state index in [1.165, 1.54) is 6.20 Å². The Balaban J connectivity index is 1.71. The highest BCUT2D eigenvalue weighted by molar-refractivity contribution is 5.61. The second-order valence-electron chi connectivity index (χ2n) is 6.12. The molecule has 0 saturated heterocycles. The van der Waals surface area contributed by atoms with Crippen LogP contribution < -0.4 is 14.4 Å². The number of para-hydroxylation sites is 1. The van der Waals surface area contributed by atoms with Crippen molar-refractivity contribution in [3.8, 4) is 11.5 Å². The Morgan fingerprint density at radius 3 is 2.46 bits per heavy atom. The number of anilines is 1. The fraction of sp³-hybridized carbons (Fsp3) is 0.182. The first-order chi connectivity index (χ1) is 13.7. The molecule has 1 N–H and O–H groups in total. The van der Waals surface area contributed by atoms with Crippen LogP contribution >= 0.6 is 0 Å². The van der Waals surface area contributed by atoms with E-state index in [-0.39, 0.29) is 5.75 Å². The Kier molecular flexibility index (Phi) is 6.46. The summed E-state index contributed by atoms with van der Waals surface area (Å²) in [6, 6.07) is 21.3. The van der Waals surface area contributed by atoms with Crippen LogP contribution in [0.3, 0.4) is 0 Å². The van der Waals surface area contributed by atoms with Crippen molar-refractivity contribution in [1.82, 2.24) is 4.98 Å². The predicted octanol–water partition coefficient (Wildman–Crippen LogP) is 4.74. The van der Waals surface area contributed by atoms with E-state index in [9.17, 15) is 4.79 Å². The fourth-order valence-electron chi connectivity index (χ4n) is 2.79. The van der Waals surface area contributed by atoms with Crippen LogP contribution in [0.25, 0.3) is 0 Å². The van der Waals surface area contributed by atoms with E-state index in [1.807, 2.05) is 61.5 Å². The first-order valence-corrected chi connectivity index (χ1v) is 9.02. The number of hydrogen-bond acceptors (Lipinski definition) is 5. The molecule has 0 radical (unpaired) electrons. The number of hydrogen-bond donors (Lipinski definition) is 1. The molecule has 1 heterocycles. The van der Waals surface area contributed by atoms with Crippen molar-refractivity contribution in [2.45, 2.75) is 20.1 Å². The molecule has 0 amide bonds. The maximum atomic E-state index is 10.6. The van der Waals surface area contributed by atoms with Crippen LogP contribution in [0.15, 0.2) is 72.9 Å². The Hall–Kier alpha value is -3.54. The molecular formula is C22H22N2O4. The number of pyridine rings is 1. The summed E-state index contributed by atoms with van der Waals surface area (Å²) in [6.45, 7) is 3.90. The van der Waals surface area contributed by atoms with Crippen LogP contribution in [0.1, 0.15) is 18.1 Å². The average molecular weight is 378 g/mol. The maximum absolute atomic E-state index is 10.6. The largest absolute Gasteiger partial charge is 0.511 e. The molecule has 144 valence electrons. The van der Waals surface area contributed by atoms with Gasteiger partial charge in [-0.3, -0.25) is 0 Å². The first kappa shape index (κ1) is 19.2. The molecule has 0 unspecified atom stereocenters. The van der Waals surface area contributed by atoms with Crippen LogP contribution in [-0.4, -0.2) is 22.8 Å². The van der Waals surface area contributed by atoms with Crippen LogP contribution in [0, 0.1) is 0 Å². The molecule has 3 rings (SSSR count). The standard InChI is InChI=1S/C22H22N2O4/c1-2-24(21-13-12-19(14-23-21)28-22(25)26)15-18-10-6-7-11-20(18)27-16-17-8-4-3-5-9-17/h3-14H,2,15-16H2,1H3,(H,25,26). The van der Waals surface area contributed by atoms with Gasteiger partial charge in [-0.2, -0.15) is 0 Å². The molecule has 3 aromatic rings. The molecule has 0 bridgehead atoms. The van der Waals surface area contributed by atoms with Crippen molar-refractivity contribution in [1.29, 1.82) is 0 Å². The number of benzene rings is 2.